The van der Waals surface area contributed by atoms with Gasteiger partial charge in [0.15, 0.2) is 0 Å². The Kier molecular flexibility index (Phi) is 3.89. The number of rotatable bonds is 3. The molecule has 20 heavy (non-hydrogen) atoms. The first kappa shape index (κ1) is 13.9. The van der Waals surface area contributed by atoms with Crippen LogP contribution in [-0.2, 0) is 11.8 Å². The molecule has 0 atom stereocenters. The van der Waals surface area contributed by atoms with Crippen LogP contribution in [0.5, 0.6) is 0 Å². The van der Waals surface area contributed by atoms with Gasteiger partial charge in [0.25, 0.3) is 5.91 Å². The molecule has 5 nitrogen and oxygen atoms in total. The van der Waals surface area contributed by atoms with Crippen LogP contribution in [0.15, 0.2) is 42.6 Å². The monoisotopic (exact) mass is 272 g/mol. The summed E-state index contributed by atoms with van der Waals surface area (Å²) in [6, 6.07) is 10.4. The molecule has 0 aliphatic heterocycles. The first-order valence-corrected chi connectivity index (χ1v) is 6.13. The average molecular weight is 272 g/mol. The van der Waals surface area contributed by atoms with Crippen molar-refractivity contribution in [3.8, 4) is 0 Å². The number of carbonyl (C=O) groups is 2. The minimum absolute atomic E-state index is 0.186. The van der Waals surface area contributed by atoms with Gasteiger partial charge in [-0.25, -0.2) is 4.79 Å². The van der Waals surface area contributed by atoms with Gasteiger partial charge >= 0.3 is 5.97 Å². The number of ether oxygens (including phenoxy) is 1. The second-order valence-corrected chi connectivity index (χ2v) is 4.38. The summed E-state index contributed by atoms with van der Waals surface area (Å²) in [7, 11) is 4.75. The molecule has 0 N–H and O–H groups in total. The van der Waals surface area contributed by atoms with Gasteiger partial charge in [0.2, 0.25) is 0 Å². The summed E-state index contributed by atoms with van der Waals surface area (Å²) in [5.74, 6) is -0.652. The molecule has 1 heterocycles. The fraction of sp³-hybridized carbons (Fsp3) is 0.200. The van der Waals surface area contributed by atoms with Crippen molar-refractivity contribution in [2.75, 3.05) is 19.1 Å². The molecule has 0 aliphatic carbocycles. The molecule has 1 amide bonds. The summed E-state index contributed by atoms with van der Waals surface area (Å²) in [5.41, 5.74) is 1.43. The zero-order valence-electron chi connectivity index (χ0n) is 11.7. The summed E-state index contributed by atoms with van der Waals surface area (Å²) in [4.78, 5) is 25.6. The zero-order chi connectivity index (χ0) is 14.7. The molecule has 5 heteroatoms. The van der Waals surface area contributed by atoms with Crippen molar-refractivity contribution in [2.24, 2.45) is 7.05 Å². The highest BCUT2D eigenvalue weighted by molar-refractivity contribution is 6.08. The van der Waals surface area contributed by atoms with Gasteiger partial charge in [-0.1, -0.05) is 12.1 Å². The molecule has 2 aromatic rings. The lowest BCUT2D eigenvalue weighted by molar-refractivity contribution is 0.0601. The van der Waals surface area contributed by atoms with Crippen LogP contribution in [0.2, 0.25) is 0 Å². The van der Waals surface area contributed by atoms with Gasteiger partial charge in [-0.15, -0.1) is 0 Å². The highest BCUT2D eigenvalue weighted by atomic mass is 16.5. The number of nitrogens with zero attached hydrogens (tertiary/aromatic N) is 2. The molecule has 2 rings (SSSR count). The fourth-order valence-electron chi connectivity index (χ4n) is 2.01. The summed E-state index contributed by atoms with van der Waals surface area (Å²) < 4.78 is 6.47. The molecule has 0 saturated carbocycles. The number of para-hydroxylation sites is 1. The molecule has 0 radical (unpaired) electrons. The van der Waals surface area contributed by atoms with Gasteiger partial charge < -0.3 is 14.2 Å². The van der Waals surface area contributed by atoms with E-state index in [2.05, 4.69) is 0 Å². The topological polar surface area (TPSA) is 51.5 Å². The molecule has 0 fully saturated rings. The van der Waals surface area contributed by atoms with Crippen molar-refractivity contribution in [1.82, 2.24) is 4.57 Å². The van der Waals surface area contributed by atoms with Gasteiger partial charge in [-0.2, -0.15) is 0 Å². The number of carbonyl (C=O) groups excluding carboxylic acids is 2. The van der Waals surface area contributed by atoms with E-state index in [4.69, 9.17) is 4.74 Å². The summed E-state index contributed by atoms with van der Waals surface area (Å²) >= 11 is 0. The van der Waals surface area contributed by atoms with Gasteiger partial charge in [0.1, 0.15) is 5.69 Å². The Morgan fingerprint density at radius 2 is 1.85 bits per heavy atom. The fourth-order valence-corrected chi connectivity index (χ4v) is 2.01. The first-order valence-electron chi connectivity index (χ1n) is 6.13. The van der Waals surface area contributed by atoms with Crippen LogP contribution in [0.1, 0.15) is 20.8 Å². The lowest BCUT2D eigenvalue weighted by Crippen LogP contribution is -2.29. The number of anilines is 1. The Morgan fingerprint density at radius 3 is 2.45 bits per heavy atom. The largest absolute Gasteiger partial charge is 0.465 e. The minimum Gasteiger partial charge on any atom is -0.465 e. The number of aromatic nitrogens is 1. The summed E-state index contributed by atoms with van der Waals surface area (Å²) in [6.07, 6.45) is 1.80. The quantitative estimate of drug-likeness (QED) is 0.804. The predicted molar refractivity (Wildman–Crippen MR) is 75.9 cm³/mol. The van der Waals surface area contributed by atoms with Crippen LogP contribution in [0, 0.1) is 0 Å². The number of methoxy groups -OCH3 is 1. The number of amides is 1. The second-order valence-electron chi connectivity index (χ2n) is 4.38. The van der Waals surface area contributed by atoms with Crippen LogP contribution < -0.4 is 4.90 Å². The van der Waals surface area contributed by atoms with E-state index >= 15 is 0 Å². The molecule has 0 bridgehead atoms. The van der Waals surface area contributed by atoms with Gasteiger partial charge in [0, 0.05) is 20.3 Å². The number of aryl methyl sites for hydroxylation is 1. The van der Waals surface area contributed by atoms with Crippen LogP contribution in [0.25, 0.3) is 0 Å². The number of hydrogen-bond donors (Lipinski definition) is 0. The second kappa shape index (κ2) is 5.61. The van der Waals surface area contributed by atoms with Crippen LogP contribution in [0.3, 0.4) is 0 Å². The molecular weight excluding hydrogens is 256 g/mol. The Labute approximate surface area is 117 Å². The predicted octanol–water partition coefficient (Wildman–Crippen LogP) is 2.09. The number of benzene rings is 1. The lowest BCUT2D eigenvalue weighted by atomic mass is 10.1. The third-order valence-electron chi connectivity index (χ3n) is 3.14. The Bertz CT molecular complexity index is 646. The molecular formula is C15H16N2O3. The van der Waals surface area contributed by atoms with Crippen molar-refractivity contribution in [3.63, 3.8) is 0 Å². The van der Waals surface area contributed by atoms with Crippen molar-refractivity contribution >= 4 is 17.6 Å². The molecule has 1 aromatic carbocycles. The standard InChI is InChI=1S/C15H16N2O3/c1-16-10-6-9-13(16)14(18)17(2)12-8-5-4-7-11(12)15(19)20-3/h4-10H,1-3H3. The summed E-state index contributed by atoms with van der Waals surface area (Å²) in [5, 5.41) is 0. The van der Waals surface area contributed by atoms with Crippen LogP contribution in [-0.4, -0.2) is 30.6 Å². The van der Waals surface area contributed by atoms with Crippen LogP contribution in [0.4, 0.5) is 5.69 Å². The van der Waals surface area contributed by atoms with E-state index in [1.165, 1.54) is 12.0 Å². The van der Waals surface area contributed by atoms with Crippen molar-refractivity contribution < 1.29 is 14.3 Å². The van der Waals surface area contributed by atoms with Gasteiger partial charge in [-0.3, -0.25) is 4.79 Å². The van der Waals surface area contributed by atoms with E-state index in [1.54, 1.807) is 61.3 Å². The Balaban J connectivity index is 2.39. The van der Waals surface area contributed by atoms with E-state index in [-0.39, 0.29) is 5.91 Å². The van der Waals surface area contributed by atoms with E-state index in [0.29, 0.717) is 16.9 Å². The van der Waals surface area contributed by atoms with E-state index < -0.39 is 5.97 Å². The van der Waals surface area contributed by atoms with E-state index in [1.807, 2.05) is 0 Å². The summed E-state index contributed by atoms with van der Waals surface area (Å²) in [6.45, 7) is 0. The molecule has 104 valence electrons. The maximum absolute atomic E-state index is 12.4. The van der Waals surface area contributed by atoms with Crippen molar-refractivity contribution in [1.29, 1.82) is 0 Å². The molecule has 0 spiro atoms. The van der Waals surface area contributed by atoms with E-state index in [9.17, 15) is 9.59 Å². The van der Waals surface area contributed by atoms with Gasteiger partial charge in [0.05, 0.1) is 18.4 Å². The SMILES string of the molecule is COC(=O)c1ccccc1N(C)C(=O)c1cccn1C. The Morgan fingerprint density at radius 1 is 1.15 bits per heavy atom. The normalized spacial score (nSPS) is 10.2. The third kappa shape index (κ3) is 2.42. The minimum atomic E-state index is -0.466. The van der Waals surface area contributed by atoms with Gasteiger partial charge in [-0.05, 0) is 24.3 Å². The van der Waals surface area contributed by atoms with Crippen molar-refractivity contribution in [3.05, 3.63) is 53.9 Å². The molecule has 1 aromatic heterocycles. The highest BCUT2D eigenvalue weighted by Gasteiger charge is 2.21. The first-order chi connectivity index (χ1) is 9.56. The number of esters is 1. The lowest BCUT2D eigenvalue weighted by Gasteiger charge is -2.20. The Hall–Kier alpha value is -2.56. The molecule has 0 unspecified atom stereocenters. The molecule has 0 saturated heterocycles. The van der Waals surface area contributed by atoms with Crippen LogP contribution >= 0.6 is 0 Å². The average Bonchev–Trinajstić information content (AvgIpc) is 2.91. The highest BCUT2D eigenvalue weighted by Crippen LogP contribution is 2.21. The molecule has 0 aliphatic rings. The number of hydrogen-bond acceptors (Lipinski definition) is 3. The van der Waals surface area contributed by atoms with E-state index in [0.717, 1.165) is 0 Å². The zero-order valence-corrected chi connectivity index (χ0v) is 11.7. The van der Waals surface area contributed by atoms with Crippen molar-refractivity contribution in [2.45, 2.75) is 0 Å². The maximum atomic E-state index is 12.4. The maximum Gasteiger partial charge on any atom is 0.339 e. The third-order valence-corrected chi connectivity index (χ3v) is 3.14. The smallest absolute Gasteiger partial charge is 0.339 e.